The molecule has 1 unspecified atom stereocenters. The van der Waals surface area contributed by atoms with E-state index in [1.165, 1.54) is 12.0 Å². The third-order valence-electron chi connectivity index (χ3n) is 5.37. The van der Waals surface area contributed by atoms with E-state index in [0.29, 0.717) is 5.92 Å². The first-order valence-corrected chi connectivity index (χ1v) is 13.9. The highest BCUT2D eigenvalue weighted by Crippen LogP contribution is 2.38. The topological polar surface area (TPSA) is 35.5 Å². The van der Waals surface area contributed by atoms with Gasteiger partial charge in [0.15, 0.2) is 6.61 Å². The Labute approximate surface area is 160 Å². The first-order valence-electron chi connectivity index (χ1n) is 10.2. The van der Waals surface area contributed by atoms with Gasteiger partial charge in [-0.1, -0.05) is 52.0 Å². The van der Waals surface area contributed by atoms with Crippen molar-refractivity contribution in [2.24, 2.45) is 0 Å². The van der Waals surface area contributed by atoms with Crippen molar-refractivity contribution in [3.63, 3.8) is 0 Å². The fourth-order valence-electron chi connectivity index (χ4n) is 4.02. The maximum atomic E-state index is 12.5. The van der Waals surface area contributed by atoms with Gasteiger partial charge in [-0.25, -0.2) is 4.79 Å². The molecule has 26 heavy (non-hydrogen) atoms. The minimum Gasteiger partial charge on any atom is -0.482 e. The zero-order valence-corrected chi connectivity index (χ0v) is 18.3. The molecule has 0 saturated heterocycles. The molecule has 0 spiro atoms. The Morgan fingerprint density at radius 2 is 1.73 bits per heavy atom. The van der Waals surface area contributed by atoms with Gasteiger partial charge in [0.05, 0.1) is 0 Å². The van der Waals surface area contributed by atoms with E-state index in [-0.39, 0.29) is 18.2 Å². The average Bonchev–Trinajstić information content (AvgIpc) is 2.58. The van der Waals surface area contributed by atoms with Gasteiger partial charge in [-0.15, -0.1) is 0 Å². The molecular formula is C22H36O3Si. The lowest BCUT2D eigenvalue weighted by Crippen LogP contribution is -2.44. The third kappa shape index (κ3) is 6.46. The average molecular weight is 377 g/mol. The van der Waals surface area contributed by atoms with Gasteiger partial charge in [-0.05, 0) is 61.8 Å². The highest BCUT2D eigenvalue weighted by molar-refractivity contribution is 6.76. The van der Waals surface area contributed by atoms with Crippen LogP contribution in [-0.4, -0.2) is 26.3 Å². The second kappa shape index (κ2) is 9.07. The summed E-state index contributed by atoms with van der Waals surface area (Å²) in [5.41, 5.74) is 1.06. The molecule has 1 fully saturated rings. The minimum absolute atomic E-state index is 0.00384. The summed E-state index contributed by atoms with van der Waals surface area (Å²) < 4.78 is 11.7. The lowest BCUT2D eigenvalue weighted by molar-refractivity contribution is -0.163. The molecule has 0 N–H and O–H groups in total. The standard InChI is InChI=1S/C22H36O3Si/c1-6-18(2)19-10-12-20(13-11-19)24-16-21(23)25-22(17-26(3,4)5)14-8-7-9-15-22/h10-13,18H,6-9,14-17H2,1-5H3. The monoisotopic (exact) mass is 376 g/mol. The van der Waals surface area contributed by atoms with Gasteiger partial charge in [0, 0.05) is 8.07 Å². The van der Waals surface area contributed by atoms with Crippen molar-refractivity contribution in [1.82, 2.24) is 0 Å². The molecule has 1 aliphatic rings. The molecule has 0 aromatic heterocycles. The molecule has 1 aliphatic carbocycles. The Hall–Kier alpha value is -1.29. The quantitative estimate of drug-likeness (QED) is 0.402. The van der Waals surface area contributed by atoms with Crippen molar-refractivity contribution in [2.75, 3.05) is 6.61 Å². The van der Waals surface area contributed by atoms with Crippen LogP contribution in [0.1, 0.15) is 63.9 Å². The number of hydrogen-bond donors (Lipinski definition) is 0. The molecule has 0 radical (unpaired) electrons. The molecular weight excluding hydrogens is 340 g/mol. The van der Waals surface area contributed by atoms with Crippen LogP contribution >= 0.6 is 0 Å². The molecule has 1 atom stereocenters. The van der Waals surface area contributed by atoms with Gasteiger partial charge in [-0.2, -0.15) is 0 Å². The highest BCUT2D eigenvalue weighted by atomic mass is 28.3. The second-order valence-electron chi connectivity index (χ2n) is 9.12. The summed E-state index contributed by atoms with van der Waals surface area (Å²) in [7, 11) is -1.31. The van der Waals surface area contributed by atoms with Crippen LogP contribution in [0.2, 0.25) is 25.7 Å². The van der Waals surface area contributed by atoms with Crippen LogP contribution in [0.25, 0.3) is 0 Å². The van der Waals surface area contributed by atoms with E-state index in [0.717, 1.165) is 43.9 Å². The third-order valence-corrected chi connectivity index (χ3v) is 7.07. The lowest BCUT2D eigenvalue weighted by atomic mass is 9.86. The van der Waals surface area contributed by atoms with Gasteiger partial charge >= 0.3 is 5.97 Å². The van der Waals surface area contributed by atoms with E-state index in [1.54, 1.807) is 0 Å². The van der Waals surface area contributed by atoms with Crippen LogP contribution in [0.4, 0.5) is 0 Å². The summed E-state index contributed by atoms with van der Waals surface area (Å²) in [4.78, 5) is 12.5. The summed E-state index contributed by atoms with van der Waals surface area (Å²) in [6.07, 6.45) is 6.71. The van der Waals surface area contributed by atoms with Gasteiger partial charge in [-0.3, -0.25) is 0 Å². The fourth-order valence-corrected chi connectivity index (χ4v) is 6.38. The van der Waals surface area contributed by atoms with Crippen molar-refractivity contribution >= 4 is 14.0 Å². The molecule has 1 aromatic rings. The summed E-state index contributed by atoms with van der Waals surface area (Å²) in [6, 6.07) is 9.13. The Kier molecular flexibility index (Phi) is 7.33. The predicted molar refractivity (Wildman–Crippen MR) is 111 cm³/mol. The molecule has 0 heterocycles. The maximum absolute atomic E-state index is 12.5. The van der Waals surface area contributed by atoms with E-state index in [9.17, 15) is 4.79 Å². The van der Waals surface area contributed by atoms with Crippen LogP contribution < -0.4 is 4.74 Å². The summed E-state index contributed by atoms with van der Waals surface area (Å²) in [5.74, 6) is 1.05. The Morgan fingerprint density at radius 1 is 1.12 bits per heavy atom. The molecule has 0 amide bonds. The first-order chi connectivity index (χ1) is 12.2. The smallest absolute Gasteiger partial charge is 0.344 e. The molecule has 4 heteroatoms. The first kappa shape index (κ1) is 21.0. The van der Waals surface area contributed by atoms with Crippen molar-refractivity contribution < 1.29 is 14.3 Å². The van der Waals surface area contributed by atoms with Gasteiger partial charge in [0.1, 0.15) is 11.4 Å². The van der Waals surface area contributed by atoms with Gasteiger partial charge in [0.2, 0.25) is 0 Å². The van der Waals surface area contributed by atoms with E-state index >= 15 is 0 Å². The fraction of sp³-hybridized carbons (Fsp3) is 0.682. The maximum Gasteiger partial charge on any atom is 0.344 e. The van der Waals surface area contributed by atoms with Crippen LogP contribution in [0, 0.1) is 0 Å². The van der Waals surface area contributed by atoms with E-state index in [1.807, 2.05) is 12.1 Å². The van der Waals surface area contributed by atoms with E-state index < -0.39 is 8.07 Å². The molecule has 146 valence electrons. The van der Waals surface area contributed by atoms with E-state index in [4.69, 9.17) is 9.47 Å². The summed E-state index contributed by atoms with van der Waals surface area (Å²) in [6.45, 7) is 11.5. The van der Waals surface area contributed by atoms with Crippen molar-refractivity contribution in [2.45, 2.75) is 89.6 Å². The van der Waals surface area contributed by atoms with Crippen LogP contribution in [0.3, 0.4) is 0 Å². The molecule has 0 aliphatic heterocycles. The van der Waals surface area contributed by atoms with Crippen LogP contribution in [0.15, 0.2) is 24.3 Å². The number of benzene rings is 1. The number of carbonyl (C=O) groups is 1. The van der Waals surface area contributed by atoms with Crippen LogP contribution in [-0.2, 0) is 9.53 Å². The van der Waals surface area contributed by atoms with Gasteiger partial charge < -0.3 is 9.47 Å². The number of carbonyl (C=O) groups excluding carboxylic acids is 1. The number of esters is 1. The molecule has 3 nitrogen and oxygen atoms in total. The Bertz CT molecular complexity index is 568. The molecule has 0 bridgehead atoms. The molecule has 1 aromatic carbocycles. The largest absolute Gasteiger partial charge is 0.482 e. The SMILES string of the molecule is CCC(C)c1ccc(OCC(=O)OC2(C[Si](C)(C)C)CCCCC2)cc1. The Balaban J connectivity index is 1.91. The number of rotatable bonds is 8. The summed E-state index contributed by atoms with van der Waals surface area (Å²) in [5, 5.41) is 0. The number of ether oxygens (including phenoxy) is 2. The van der Waals surface area contributed by atoms with Gasteiger partial charge in [0.25, 0.3) is 0 Å². The summed E-state index contributed by atoms with van der Waals surface area (Å²) >= 11 is 0. The van der Waals surface area contributed by atoms with Crippen LogP contribution in [0.5, 0.6) is 5.75 Å². The van der Waals surface area contributed by atoms with Crippen molar-refractivity contribution in [3.8, 4) is 5.75 Å². The predicted octanol–water partition coefficient (Wildman–Crippen LogP) is 6.16. The molecule has 2 rings (SSSR count). The Morgan fingerprint density at radius 3 is 2.27 bits per heavy atom. The second-order valence-corrected chi connectivity index (χ2v) is 14.6. The zero-order chi connectivity index (χ0) is 19.2. The highest BCUT2D eigenvalue weighted by Gasteiger charge is 2.39. The normalized spacial score (nSPS) is 18.2. The lowest BCUT2D eigenvalue weighted by Gasteiger charge is -2.40. The van der Waals surface area contributed by atoms with Crippen molar-refractivity contribution in [3.05, 3.63) is 29.8 Å². The number of hydrogen-bond acceptors (Lipinski definition) is 3. The molecule has 1 saturated carbocycles. The van der Waals surface area contributed by atoms with E-state index in [2.05, 4.69) is 45.6 Å². The zero-order valence-electron chi connectivity index (χ0n) is 17.3. The van der Waals surface area contributed by atoms with Crippen molar-refractivity contribution in [1.29, 1.82) is 0 Å². The minimum atomic E-state index is -1.31.